The van der Waals surface area contributed by atoms with Gasteiger partial charge in [0.1, 0.15) is 0 Å². The van der Waals surface area contributed by atoms with Gasteiger partial charge in [0, 0.05) is 24.2 Å². The smallest absolute Gasteiger partial charge is 0.331 e. The van der Waals surface area contributed by atoms with Crippen LogP contribution in [0, 0.1) is 0 Å². The van der Waals surface area contributed by atoms with Gasteiger partial charge in [0.25, 0.3) is 0 Å². The van der Waals surface area contributed by atoms with Crippen LogP contribution < -0.4 is 0 Å². The van der Waals surface area contributed by atoms with Crippen molar-refractivity contribution in [3.63, 3.8) is 0 Å². The van der Waals surface area contributed by atoms with Gasteiger partial charge in [-0.1, -0.05) is 0 Å². The summed E-state index contributed by atoms with van der Waals surface area (Å²) in [6.45, 7) is 2.83. The lowest BCUT2D eigenvalue weighted by Crippen LogP contribution is -2.31. The van der Waals surface area contributed by atoms with E-state index in [1.807, 2.05) is 0 Å². The third-order valence-corrected chi connectivity index (χ3v) is 2.75. The summed E-state index contributed by atoms with van der Waals surface area (Å²) in [5, 5.41) is 27.3. The van der Waals surface area contributed by atoms with E-state index in [0.29, 0.717) is 0 Å². The number of carbonyl (C=O) groups is 2. The largest absolute Gasteiger partial charge is 0.478 e. The molecule has 0 bridgehead atoms. The quantitative estimate of drug-likeness (QED) is 0.526. The van der Waals surface area contributed by atoms with Crippen molar-refractivity contribution in [2.45, 2.75) is 26.1 Å². The Balaban J connectivity index is 2.81. The number of aliphatic hydroxyl groups excluding tert-OH is 2. The van der Waals surface area contributed by atoms with Gasteiger partial charge in [-0.3, -0.25) is 4.79 Å². The summed E-state index contributed by atoms with van der Waals surface area (Å²) >= 11 is 0. The fourth-order valence-electron chi connectivity index (χ4n) is 1.49. The first kappa shape index (κ1) is 12.7. The van der Waals surface area contributed by atoms with Gasteiger partial charge in [-0.25, -0.2) is 4.79 Å². The van der Waals surface area contributed by atoms with Crippen LogP contribution in [0.1, 0.15) is 13.8 Å². The SMILES string of the molecule is CC(C(=O)O)=C(C)C(=O)N1CC(O)C(O)C1. The fourth-order valence-corrected chi connectivity index (χ4v) is 1.49. The van der Waals surface area contributed by atoms with Crippen molar-refractivity contribution >= 4 is 11.9 Å². The maximum Gasteiger partial charge on any atom is 0.331 e. The molecule has 0 spiro atoms. The predicted molar refractivity (Wildman–Crippen MR) is 54.6 cm³/mol. The number of aliphatic hydroxyl groups is 2. The van der Waals surface area contributed by atoms with E-state index in [9.17, 15) is 19.8 Å². The highest BCUT2D eigenvalue weighted by molar-refractivity contribution is 6.01. The molecule has 2 unspecified atom stereocenters. The molecule has 16 heavy (non-hydrogen) atoms. The lowest BCUT2D eigenvalue weighted by molar-refractivity contribution is -0.133. The maximum atomic E-state index is 11.8. The number of rotatable bonds is 2. The average Bonchev–Trinajstić information content (AvgIpc) is 2.55. The second-order valence-electron chi connectivity index (χ2n) is 3.90. The summed E-state index contributed by atoms with van der Waals surface area (Å²) in [6, 6.07) is 0. The Morgan fingerprint density at radius 3 is 1.88 bits per heavy atom. The highest BCUT2D eigenvalue weighted by atomic mass is 16.4. The minimum Gasteiger partial charge on any atom is -0.478 e. The van der Waals surface area contributed by atoms with E-state index in [-0.39, 0.29) is 24.2 Å². The van der Waals surface area contributed by atoms with Crippen LogP contribution in [-0.2, 0) is 9.59 Å². The molecule has 6 nitrogen and oxygen atoms in total. The fraction of sp³-hybridized carbons (Fsp3) is 0.600. The molecule has 90 valence electrons. The van der Waals surface area contributed by atoms with E-state index in [1.165, 1.54) is 18.7 Å². The van der Waals surface area contributed by atoms with Crippen molar-refractivity contribution in [2.75, 3.05) is 13.1 Å². The van der Waals surface area contributed by atoms with Crippen LogP contribution in [0.25, 0.3) is 0 Å². The van der Waals surface area contributed by atoms with E-state index in [0.717, 1.165) is 0 Å². The lowest BCUT2D eigenvalue weighted by Gasteiger charge is -2.16. The average molecular weight is 229 g/mol. The van der Waals surface area contributed by atoms with Gasteiger partial charge in [0.05, 0.1) is 12.2 Å². The van der Waals surface area contributed by atoms with Gasteiger partial charge < -0.3 is 20.2 Å². The van der Waals surface area contributed by atoms with Crippen molar-refractivity contribution in [2.24, 2.45) is 0 Å². The third-order valence-electron chi connectivity index (χ3n) is 2.75. The number of hydrogen-bond acceptors (Lipinski definition) is 4. The van der Waals surface area contributed by atoms with Crippen molar-refractivity contribution in [1.82, 2.24) is 4.90 Å². The number of carboxylic acids is 1. The summed E-state index contributed by atoms with van der Waals surface area (Å²) in [5.74, 6) is -1.61. The molecule has 3 N–H and O–H groups in total. The minimum absolute atomic E-state index is 0.0270. The number of carboxylic acid groups (broad SMARTS) is 1. The summed E-state index contributed by atoms with van der Waals surface area (Å²) in [4.78, 5) is 23.7. The van der Waals surface area contributed by atoms with Crippen LogP contribution in [-0.4, -0.2) is 57.4 Å². The first-order valence-corrected chi connectivity index (χ1v) is 4.90. The van der Waals surface area contributed by atoms with E-state index in [2.05, 4.69) is 0 Å². The predicted octanol–water partition coefficient (Wildman–Crippen LogP) is -1.03. The third kappa shape index (κ3) is 2.40. The molecule has 1 saturated heterocycles. The summed E-state index contributed by atoms with van der Waals surface area (Å²) in [5.41, 5.74) is 0.0923. The molecule has 0 aliphatic carbocycles. The Hall–Kier alpha value is -1.40. The van der Waals surface area contributed by atoms with Crippen LogP contribution in [0.3, 0.4) is 0 Å². The van der Waals surface area contributed by atoms with Gasteiger partial charge in [-0.05, 0) is 13.8 Å². The minimum atomic E-state index is -1.15. The summed E-state index contributed by atoms with van der Waals surface area (Å²) in [6.07, 6.45) is -1.91. The van der Waals surface area contributed by atoms with Crippen LogP contribution in [0.2, 0.25) is 0 Å². The number of amides is 1. The first-order valence-electron chi connectivity index (χ1n) is 4.90. The van der Waals surface area contributed by atoms with Crippen LogP contribution in [0.4, 0.5) is 0 Å². The Morgan fingerprint density at radius 1 is 1.06 bits per heavy atom. The highest BCUT2D eigenvalue weighted by Gasteiger charge is 2.33. The van der Waals surface area contributed by atoms with Crippen LogP contribution >= 0.6 is 0 Å². The second-order valence-corrected chi connectivity index (χ2v) is 3.90. The Bertz CT molecular complexity index is 339. The molecule has 1 aliphatic heterocycles. The molecule has 1 heterocycles. The lowest BCUT2D eigenvalue weighted by atomic mass is 10.1. The molecule has 0 aromatic heterocycles. The van der Waals surface area contributed by atoms with Gasteiger partial charge >= 0.3 is 5.97 Å². The molecule has 0 radical (unpaired) electrons. The monoisotopic (exact) mass is 229 g/mol. The Labute approximate surface area is 92.8 Å². The highest BCUT2D eigenvalue weighted by Crippen LogP contribution is 2.15. The molecule has 1 fully saturated rings. The first-order chi connectivity index (χ1) is 7.34. The molecule has 0 aromatic carbocycles. The van der Waals surface area contributed by atoms with Crippen molar-refractivity contribution in [3.05, 3.63) is 11.1 Å². The zero-order valence-electron chi connectivity index (χ0n) is 9.17. The van der Waals surface area contributed by atoms with Gasteiger partial charge in [0.2, 0.25) is 5.91 Å². The van der Waals surface area contributed by atoms with Crippen molar-refractivity contribution in [1.29, 1.82) is 0 Å². The Kier molecular flexibility index (Phi) is 3.66. The zero-order valence-corrected chi connectivity index (χ0v) is 9.17. The second kappa shape index (κ2) is 4.63. The normalized spacial score (nSPS) is 26.6. The molecule has 2 atom stereocenters. The van der Waals surface area contributed by atoms with E-state index in [4.69, 9.17) is 5.11 Å². The molecular weight excluding hydrogens is 214 g/mol. The van der Waals surface area contributed by atoms with Gasteiger partial charge in [-0.2, -0.15) is 0 Å². The van der Waals surface area contributed by atoms with Gasteiger partial charge in [-0.15, -0.1) is 0 Å². The number of carbonyl (C=O) groups excluding carboxylic acids is 1. The number of β-amino-alcohol motifs (C(OH)–C–C–N with tert-alkyl or cyclic N) is 2. The maximum absolute atomic E-state index is 11.8. The molecule has 1 amide bonds. The zero-order chi connectivity index (χ0) is 12.5. The molecule has 6 heteroatoms. The molecule has 1 rings (SSSR count). The van der Waals surface area contributed by atoms with E-state index in [1.54, 1.807) is 0 Å². The summed E-state index contributed by atoms with van der Waals surface area (Å²) < 4.78 is 0. The number of nitrogens with zero attached hydrogens (tertiary/aromatic N) is 1. The van der Waals surface area contributed by atoms with Crippen LogP contribution in [0.5, 0.6) is 0 Å². The number of aliphatic carboxylic acids is 1. The molecule has 0 saturated carbocycles. The van der Waals surface area contributed by atoms with Crippen molar-refractivity contribution < 1.29 is 24.9 Å². The molecule has 0 aromatic rings. The van der Waals surface area contributed by atoms with Crippen LogP contribution in [0.15, 0.2) is 11.1 Å². The number of likely N-dealkylation sites (tertiary alicyclic amines) is 1. The van der Waals surface area contributed by atoms with Crippen molar-refractivity contribution in [3.8, 4) is 0 Å². The standard InChI is InChI=1S/C10H15NO5/c1-5(6(2)10(15)16)9(14)11-3-7(12)8(13)4-11/h7-8,12-13H,3-4H2,1-2H3,(H,15,16). The van der Waals surface area contributed by atoms with Gasteiger partial charge in [0.15, 0.2) is 0 Å². The van der Waals surface area contributed by atoms with E-state index >= 15 is 0 Å². The van der Waals surface area contributed by atoms with E-state index < -0.39 is 24.1 Å². The molecule has 1 aliphatic rings. The summed E-state index contributed by atoms with van der Waals surface area (Å²) in [7, 11) is 0. The Morgan fingerprint density at radius 2 is 1.50 bits per heavy atom. The molecular formula is C10H15NO5. The topological polar surface area (TPSA) is 98.1 Å². The number of hydrogen-bond donors (Lipinski definition) is 3.